The maximum atomic E-state index is 12.4. The number of likely N-dealkylation sites (tertiary alicyclic amines) is 1. The first kappa shape index (κ1) is 20.8. The molecule has 1 aromatic rings. The molecular formula is C22H31N5O3. The number of morpholine rings is 1. The highest BCUT2D eigenvalue weighted by atomic mass is 16.5. The van der Waals surface area contributed by atoms with Crippen LogP contribution in [0.25, 0.3) is 0 Å². The van der Waals surface area contributed by atoms with Crippen LogP contribution in [0.2, 0.25) is 0 Å². The summed E-state index contributed by atoms with van der Waals surface area (Å²) in [5.74, 6) is 0.586. The van der Waals surface area contributed by atoms with Gasteiger partial charge in [-0.2, -0.15) is 0 Å². The highest BCUT2D eigenvalue weighted by molar-refractivity contribution is 6.21. The number of fused-ring (bicyclic) bond motifs is 1. The zero-order chi connectivity index (χ0) is 20.9. The van der Waals surface area contributed by atoms with E-state index in [1.54, 1.807) is 24.3 Å². The molecule has 1 N–H and O–H groups in total. The van der Waals surface area contributed by atoms with E-state index in [0.717, 1.165) is 71.2 Å². The van der Waals surface area contributed by atoms with Crippen LogP contribution in [0.15, 0.2) is 29.3 Å². The molecule has 2 saturated heterocycles. The number of aliphatic imine (C=N–C) groups is 1. The number of nitrogens with one attached hydrogen (secondary N) is 1. The molecule has 0 saturated carbocycles. The fraction of sp³-hybridized carbons (Fsp3) is 0.591. The minimum Gasteiger partial charge on any atom is -0.379 e. The SMILES string of the molecule is CN=C(NCCCCN1C(=O)c2ccccc2C1=O)N1CCC(N2CCOCC2)C1. The molecule has 8 heteroatoms. The van der Waals surface area contributed by atoms with Crippen LogP contribution in [0.1, 0.15) is 40.0 Å². The van der Waals surface area contributed by atoms with E-state index in [9.17, 15) is 9.59 Å². The van der Waals surface area contributed by atoms with Gasteiger partial charge in [0.25, 0.3) is 11.8 Å². The Morgan fingerprint density at radius 2 is 1.80 bits per heavy atom. The number of amides is 2. The summed E-state index contributed by atoms with van der Waals surface area (Å²) in [5, 5.41) is 3.44. The molecule has 30 heavy (non-hydrogen) atoms. The number of hydrogen-bond donors (Lipinski definition) is 1. The Balaban J connectivity index is 1.18. The summed E-state index contributed by atoms with van der Waals surface area (Å²) in [4.78, 5) is 35.5. The lowest BCUT2D eigenvalue weighted by atomic mass is 10.1. The summed E-state index contributed by atoms with van der Waals surface area (Å²) in [6.45, 7) is 6.92. The molecule has 1 aromatic carbocycles. The number of carbonyl (C=O) groups excluding carboxylic acids is 2. The topological polar surface area (TPSA) is 77.5 Å². The molecule has 162 valence electrons. The molecule has 1 atom stereocenters. The number of rotatable bonds is 6. The fourth-order valence-corrected chi connectivity index (χ4v) is 4.54. The molecule has 1 unspecified atom stereocenters. The summed E-state index contributed by atoms with van der Waals surface area (Å²) in [6, 6.07) is 7.61. The van der Waals surface area contributed by atoms with E-state index in [0.29, 0.717) is 23.7 Å². The molecule has 3 heterocycles. The monoisotopic (exact) mass is 413 g/mol. The zero-order valence-corrected chi connectivity index (χ0v) is 17.7. The summed E-state index contributed by atoms with van der Waals surface area (Å²) in [5.41, 5.74) is 1.04. The smallest absolute Gasteiger partial charge is 0.261 e. The van der Waals surface area contributed by atoms with Crippen LogP contribution in [0.3, 0.4) is 0 Å². The lowest BCUT2D eigenvalue weighted by Crippen LogP contribution is -2.46. The van der Waals surface area contributed by atoms with Crippen LogP contribution < -0.4 is 5.32 Å². The highest BCUT2D eigenvalue weighted by Gasteiger charge is 2.34. The van der Waals surface area contributed by atoms with Crippen molar-refractivity contribution < 1.29 is 14.3 Å². The third kappa shape index (κ3) is 4.34. The minimum absolute atomic E-state index is 0.175. The number of benzene rings is 1. The number of guanidine groups is 1. The second kappa shape index (κ2) is 9.57. The maximum absolute atomic E-state index is 12.4. The van der Waals surface area contributed by atoms with Crippen molar-refractivity contribution in [2.75, 3.05) is 59.5 Å². The van der Waals surface area contributed by atoms with Gasteiger partial charge in [0.05, 0.1) is 24.3 Å². The van der Waals surface area contributed by atoms with Crippen LogP contribution >= 0.6 is 0 Å². The number of carbonyl (C=O) groups is 2. The highest BCUT2D eigenvalue weighted by Crippen LogP contribution is 2.22. The van der Waals surface area contributed by atoms with Gasteiger partial charge >= 0.3 is 0 Å². The summed E-state index contributed by atoms with van der Waals surface area (Å²) >= 11 is 0. The van der Waals surface area contributed by atoms with Crippen molar-refractivity contribution >= 4 is 17.8 Å². The third-order valence-electron chi connectivity index (χ3n) is 6.21. The van der Waals surface area contributed by atoms with E-state index in [2.05, 4.69) is 20.1 Å². The van der Waals surface area contributed by atoms with E-state index < -0.39 is 0 Å². The molecular weight excluding hydrogens is 382 g/mol. The normalized spacial score (nSPS) is 22.7. The average molecular weight is 414 g/mol. The Bertz CT molecular complexity index is 771. The van der Waals surface area contributed by atoms with Crippen molar-refractivity contribution in [2.45, 2.75) is 25.3 Å². The molecule has 8 nitrogen and oxygen atoms in total. The molecule has 0 radical (unpaired) electrons. The number of hydrogen-bond acceptors (Lipinski definition) is 5. The van der Waals surface area contributed by atoms with Gasteiger partial charge in [0, 0.05) is 52.4 Å². The number of nitrogens with zero attached hydrogens (tertiary/aromatic N) is 4. The molecule has 2 fully saturated rings. The number of ether oxygens (including phenoxy) is 1. The Morgan fingerprint density at radius 3 is 2.47 bits per heavy atom. The molecule has 3 aliphatic heterocycles. The van der Waals surface area contributed by atoms with Gasteiger partial charge in [-0.25, -0.2) is 0 Å². The third-order valence-corrected chi connectivity index (χ3v) is 6.21. The average Bonchev–Trinajstić information content (AvgIpc) is 3.36. The van der Waals surface area contributed by atoms with E-state index in [1.165, 1.54) is 4.90 Å². The molecule has 0 aromatic heterocycles. The van der Waals surface area contributed by atoms with Gasteiger partial charge in [0.15, 0.2) is 5.96 Å². The van der Waals surface area contributed by atoms with Gasteiger partial charge in [0.1, 0.15) is 0 Å². The number of unbranched alkanes of at least 4 members (excludes halogenated alkanes) is 1. The van der Waals surface area contributed by atoms with Crippen molar-refractivity contribution in [3.63, 3.8) is 0 Å². The summed E-state index contributed by atoms with van der Waals surface area (Å²) in [6.07, 6.45) is 2.79. The Kier molecular flexibility index (Phi) is 6.64. The van der Waals surface area contributed by atoms with Gasteiger partial charge in [0.2, 0.25) is 0 Å². The molecule has 0 aliphatic carbocycles. The quantitative estimate of drug-likeness (QED) is 0.325. The predicted molar refractivity (Wildman–Crippen MR) is 115 cm³/mol. The van der Waals surface area contributed by atoms with Gasteiger partial charge in [-0.05, 0) is 31.4 Å². The first-order valence-electron chi connectivity index (χ1n) is 10.9. The Morgan fingerprint density at radius 1 is 1.10 bits per heavy atom. The van der Waals surface area contributed by atoms with Crippen molar-refractivity contribution in [2.24, 2.45) is 4.99 Å². The lowest BCUT2D eigenvalue weighted by molar-refractivity contribution is 0.0195. The molecule has 0 spiro atoms. The fourth-order valence-electron chi connectivity index (χ4n) is 4.54. The first-order valence-corrected chi connectivity index (χ1v) is 10.9. The van der Waals surface area contributed by atoms with Gasteiger partial charge in [-0.3, -0.25) is 24.4 Å². The largest absolute Gasteiger partial charge is 0.379 e. The molecule has 0 bridgehead atoms. The van der Waals surface area contributed by atoms with E-state index in [1.807, 2.05) is 7.05 Å². The summed E-state index contributed by atoms with van der Waals surface area (Å²) in [7, 11) is 1.82. The van der Waals surface area contributed by atoms with Crippen molar-refractivity contribution in [1.29, 1.82) is 0 Å². The van der Waals surface area contributed by atoms with Gasteiger partial charge < -0.3 is 15.0 Å². The van der Waals surface area contributed by atoms with Crippen LogP contribution in [0.5, 0.6) is 0 Å². The standard InChI is InChI=1S/C22H31N5O3/c1-23-22(26-11-8-17(16-26)25-12-14-30-15-13-25)24-9-4-5-10-27-20(28)18-6-2-3-7-19(18)21(27)29/h2-3,6-7,17H,4-5,8-16H2,1H3,(H,23,24). The minimum atomic E-state index is -0.175. The molecule has 2 amide bonds. The van der Waals surface area contributed by atoms with Crippen LogP contribution in [0, 0.1) is 0 Å². The second-order valence-electron chi connectivity index (χ2n) is 8.03. The van der Waals surface area contributed by atoms with E-state index in [-0.39, 0.29) is 11.8 Å². The maximum Gasteiger partial charge on any atom is 0.261 e. The Labute approximate surface area is 177 Å². The predicted octanol–water partition coefficient (Wildman–Crippen LogP) is 1.04. The Hall–Kier alpha value is -2.45. The lowest BCUT2D eigenvalue weighted by Gasteiger charge is -2.32. The van der Waals surface area contributed by atoms with Crippen molar-refractivity contribution in [1.82, 2.24) is 20.0 Å². The van der Waals surface area contributed by atoms with Crippen molar-refractivity contribution in [3.05, 3.63) is 35.4 Å². The second-order valence-corrected chi connectivity index (χ2v) is 8.03. The van der Waals surface area contributed by atoms with Gasteiger partial charge in [-0.15, -0.1) is 0 Å². The molecule has 3 aliphatic rings. The summed E-state index contributed by atoms with van der Waals surface area (Å²) < 4.78 is 5.46. The zero-order valence-electron chi connectivity index (χ0n) is 17.7. The first-order chi connectivity index (χ1) is 14.7. The van der Waals surface area contributed by atoms with Crippen molar-refractivity contribution in [3.8, 4) is 0 Å². The van der Waals surface area contributed by atoms with Gasteiger partial charge in [-0.1, -0.05) is 12.1 Å². The van der Waals surface area contributed by atoms with E-state index in [4.69, 9.17) is 4.74 Å². The molecule has 4 rings (SSSR count). The number of imide groups is 1. The van der Waals surface area contributed by atoms with Crippen LogP contribution in [-0.2, 0) is 4.74 Å². The van der Waals surface area contributed by atoms with Crippen LogP contribution in [-0.4, -0.2) is 98.0 Å². The van der Waals surface area contributed by atoms with Crippen LogP contribution in [0.4, 0.5) is 0 Å². The van der Waals surface area contributed by atoms with E-state index >= 15 is 0 Å².